The fraction of sp³-hybridized carbons (Fsp3) is 0.385. The minimum absolute atomic E-state index is 0.120. The summed E-state index contributed by atoms with van der Waals surface area (Å²) in [5.74, 6) is -0.366. The Labute approximate surface area is 107 Å². The lowest BCUT2D eigenvalue weighted by atomic mass is 10.1. The quantitative estimate of drug-likeness (QED) is 0.745. The van der Waals surface area contributed by atoms with Crippen LogP contribution in [0.3, 0.4) is 0 Å². The number of nitrogens with one attached hydrogen (secondary N) is 2. The Kier molecular flexibility index (Phi) is 4.85. The van der Waals surface area contributed by atoms with Gasteiger partial charge in [0.05, 0.1) is 6.04 Å². The van der Waals surface area contributed by atoms with Crippen molar-refractivity contribution >= 4 is 17.5 Å². The average Bonchev–Trinajstić information content (AvgIpc) is 2.31. The summed E-state index contributed by atoms with van der Waals surface area (Å²) >= 11 is 0. The van der Waals surface area contributed by atoms with E-state index in [1.165, 1.54) is 0 Å². The summed E-state index contributed by atoms with van der Waals surface area (Å²) in [5.41, 5.74) is 7.55. The zero-order valence-corrected chi connectivity index (χ0v) is 10.9. The molecule has 0 bridgehead atoms. The monoisotopic (exact) mass is 249 g/mol. The van der Waals surface area contributed by atoms with Gasteiger partial charge in [0.1, 0.15) is 0 Å². The first-order valence-electron chi connectivity index (χ1n) is 5.91. The zero-order valence-electron chi connectivity index (χ0n) is 10.9. The number of amides is 2. The van der Waals surface area contributed by atoms with E-state index >= 15 is 0 Å². The molecule has 1 atom stereocenters. The highest BCUT2D eigenvalue weighted by Gasteiger charge is 2.11. The molecule has 0 fully saturated rings. The Morgan fingerprint density at radius 3 is 2.56 bits per heavy atom. The van der Waals surface area contributed by atoms with E-state index in [-0.39, 0.29) is 11.8 Å². The van der Waals surface area contributed by atoms with Gasteiger partial charge in [-0.05, 0) is 44.5 Å². The third kappa shape index (κ3) is 3.56. The van der Waals surface area contributed by atoms with E-state index in [0.717, 1.165) is 5.56 Å². The highest BCUT2D eigenvalue weighted by Crippen LogP contribution is 2.16. The predicted octanol–water partition coefficient (Wildman–Crippen LogP) is 1.03. The SMILES string of the molecule is CCNC(=O)c1ccc(NC(=O)[C@@H](C)N)c(C)c1. The van der Waals surface area contributed by atoms with Crippen LogP contribution in [0.2, 0.25) is 0 Å². The van der Waals surface area contributed by atoms with Crippen LogP contribution in [0.4, 0.5) is 5.69 Å². The van der Waals surface area contributed by atoms with E-state index in [1.54, 1.807) is 25.1 Å². The zero-order chi connectivity index (χ0) is 13.7. The van der Waals surface area contributed by atoms with Gasteiger partial charge >= 0.3 is 0 Å². The molecule has 0 aromatic heterocycles. The number of aryl methyl sites for hydroxylation is 1. The maximum Gasteiger partial charge on any atom is 0.251 e. The molecule has 0 saturated carbocycles. The summed E-state index contributed by atoms with van der Waals surface area (Å²) in [5, 5.41) is 5.43. The van der Waals surface area contributed by atoms with Crippen molar-refractivity contribution in [2.24, 2.45) is 5.73 Å². The lowest BCUT2D eigenvalue weighted by Crippen LogP contribution is -2.32. The summed E-state index contributed by atoms with van der Waals surface area (Å²) in [4.78, 5) is 23.1. The molecule has 4 N–H and O–H groups in total. The fourth-order valence-corrected chi connectivity index (χ4v) is 1.45. The number of carbonyl (C=O) groups excluding carboxylic acids is 2. The first kappa shape index (κ1) is 14.2. The molecule has 1 aromatic rings. The van der Waals surface area contributed by atoms with Gasteiger partial charge in [0.15, 0.2) is 0 Å². The number of anilines is 1. The Morgan fingerprint density at radius 1 is 1.39 bits per heavy atom. The van der Waals surface area contributed by atoms with Crippen molar-refractivity contribution < 1.29 is 9.59 Å². The third-order valence-electron chi connectivity index (χ3n) is 2.50. The maximum atomic E-state index is 11.6. The summed E-state index contributed by atoms with van der Waals surface area (Å²) in [6.07, 6.45) is 0. The van der Waals surface area contributed by atoms with Gasteiger partial charge in [-0.2, -0.15) is 0 Å². The molecule has 0 heterocycles. The van der Waals surface area contributed by atoms with Crippen molar-refractivity contribution in [2.75, 3.05) is 11.9 Å². The van der Waals surface area contributed by atoms with Crippen LogP contribution in [0.5, 0.6) is 0 Å². The minimum Gasteiger partial charge on any atom is -0.352 e. The van der Waals surface area contributed by atoms with Gasteiger partial charge in [-0.1, -0.05) is 0 Å². The van der Waals surface area contributed by atoms with E-state index in [4.69, 9.17) is 5.73 Å². The second-order valence-electron chi connectivity index (χ2n) is 4.17. The summed E-state index contributed by atoms with van der Waals surface area (Å²) in [7, 11) is 0. The highest BCUT2D eigenvalue weighted by molar-refractivity contribution is 5.97. The summed E-state index contributed by atoms with van der Waals surface area (Å²) < 4.78 is 0. The number of nitrogens with two attached hydrogens (primary N) is 1. The van der Waals surface area contributed by atoms with Crippen molar-refractivity contribution in [3.8, 4) is 0 Å². The summed E-state index contributed by atoms with van der Waals surface area (Å²) in [6, 6.07) is 4.56. The molecule has 0 unspecified atom stereocenters. The Bertz CT molecular complexity index is 456. The molecule has 0 radical (unpaired) electrons. The van der Waals surface area contributed by atoms with Crippen LogP contribution < -0.4 is 16.4 Å². The van der Waals surface area contributed by atoms with E-state index < -0.39 is 6.04 Å². The van der Waals surface area contributed by atoms with Crippen LogP contribution in [0, 0.1) is 6.92 Å². The molecule has 5 heteroatoms. The normalized spacial score (nSPS) is 11.8. The fourth-order valence-electron chi connectivity index (χ4n) is 1.45. The van der Waals surface area contributed by atoms with Crippen molar-refractivity contribution in [1.29, 1.82) is 0 Å². The molecule has 1 rings (SSSR count). The summed E-state index contributed by atoms with van der Waals surface area (Å²) in [6.45, 7) is 5.90. The van der Waals surface area contributed by atoms with Crippen LogP contribution >= 0.6 is 0 Å². The second-order valence-corrected chi connectivity index (χ2v) is 4.17. The number of hydrogen-bond acceptors (Lipinski definition) is 3. The third-order valence-corrected chi connectivity index (χ3v) is 2.50. The van der Waals surface area contributed by atoms with Crippen molar-refractivity contribution in [1.82, 2.24) is 5.32 Å². The smallest absolute Gasteiger partial charge is 0.251 e. The van der Waals surface area contributed by atoms with Gasteiger partial charge in [-0.15, -0.1) is 0 Å². The molecule has 1 aromatic carbocycles. The molecule has 5 nitrogen and oxygen atoms in total. The van der Waals surface area contributed by atoms with Crippen LogP contribution in [-0.4, -0.2) is 24.4 Å². The largest absolute Gasteiger partial charge is 0.352 e. The Balaban J connectivity index is 2.86. The van der Waals surface area contributed by atoms with E-state index in [1.807, 2.05) is 13.8 Å². The van der Waals surface area contributed by atoms with Gasteiger partial charge in [0.25, 0.3) is 5.91 Å². The Morgan fingerprint density at radius 2 is 2.06 bits per heavy atom. The minimum atomic E-state index is -0.563. The van der Waals surface area contributed by atoms with E-state index in [0.29, 0.717) is 17.8 Å². The number of benzene rings is 1. The molecule has 0 spiro atoms. The van der Waals surface area contributed by atoms with Crippen LogP contribution in [-0.2, 0) is 4.79 Å². The van der Waals surface area contributed by atoms with E-state index in [2.05, 4.69) is 10.6 Å². The first-order valence-corrected chi connectivity index (χ1v) is 5.91. The molecule has 2 amide bonds. The topological polar surface area (TPSA) is 84.2 Å². The second kappa shape index (κ2) is 6.16. The number of rotatable bonds is 4. The number of hydrogen-bond donors (Lipinski definition) is 3. The number of carbonyl (C=O) groups is 2. The maximum absolute atomic E-state index is 11.6. The average molecular weight is 249 g/mol. The van der Waals surface area contributed by atoms with Gasteiger partial charge < -0.3 is 16.4 Å². The standard InChI is InChI=1S/C13H19N3O2/c1-4-15-13(18)10-5-6-11(8(2)7-10)16-12(17)9(3)14/h5-7,9H,4,14H2,1-3H3,(H,15,18)(H,16,17)/t9-/m1/s1. The van der Waals surface area contributed by atoms with Crippen molar-refractivity contribution in [3.63, 3.8) is 0 Å². The predicted molar refractivity (Wildman–Crippen MR) is 71.5 cm³/mol. The molecular weight excluding hydrogens is 230 g/mol. The highest BCUT2D eigenvalue weighted by atomic mass is 16.2. The van der Waals surface area contributed by atoms with E-state index in [9.17, 15) is 9.59 Å². The molecule has 0 aliphatic carbocycles. The Hall–Kier alpha value is -1.88. The van der Waals surface area contributed by atoms with Gasteiger partial charge in [0.2, 0.25) is 5.91 Å². The van der Waals surface area contributed by atoms with Crippen LogP contribution in [0.1, 0.15) is 29.8 Å². The van der Waals surface area contributed by atoms with Gasteiger partial charge in [-0.3, -0.25) is 9.59 Å². The molecule has 18 heavy (non-hydrogen) atoms. The van der Waals surface area contributed by atoms with Crippen molar-refractivity contribution in [2.45, 2.75) is 26.8 Å². The molecule has 98 valence electrons. The first-order chi connectivity index (χ1) is 8.45. The molecule has 0 aliphatic rings. The van der Waals surface area contributed by atoms with Gasteiger partial charge in [0, 0.05) is 17.8 Å². The van der Waals surface area contributed by atoms with Gasteiger partial charge in [-0.25, -0.2) is 0 Å². The molecule has 0 aliphatic heterocycles. The lowest BCUT2D eigenvalue weighted by molar-refractivity contribution is -0.117. The molecule has 0 saturated heterocycles. The lowest BCUT2D eigenvalue weighted by Gasteiger charge is -2.11. The van der Waals surface area contributed by atoms with Crippen LogP contribution in [0.15, 0.2) is 18.2 Å². The van der Waals surface area contributed by atoms with Crippen molar-refractivity contribution in [3.05, 3.63) is 29.3 Å². The van der Waals surface area contributed by atoms with Crippen LogP contribution in [0.25, 0.3) is 0 Å². The molecular formula is C13H19N3O2.